The Hall–Kier alpha value is -8.47. The largest absolute Gasteiger partial charge is 0.508 e. The normalized spacial score (nSPS) is 15.8. The maximum absolute atomic E-state index is 14.5. The van der Waals surface area contributed by atoms with Crippen LogP contribution in [-0.2, 0) is 59.2 Å². The molecule has 0 aliphatic carbocycles. The van der Waals surface area contributed by atoms with Crippen molar-refractivity contribution in [3.63, 3.8) is 0 Å². The Morgan fingerprint density at radius 3 is 1.43 bits per heavy atom. The lowest BCUT2D eigenvalue weighted by Gasteiger charge is -2.31. The standard InChI is InChI=1S/C55H94N18O16/c1-30(2)26-39(53(88)89)70-48(83)38(27-31-15-17-32(76)18-16-31)69-46(81)35(11-4-6-22-57)66-49(84)40(28-74)71-47(82)36(12-7-23-63-54(59)60)67-50(85)41(29-75)72-51(86)42-14-9-25-73(42)52(87)37(13-8-24-64-55(61)62)68-45(80)34(10-3-5-21-56)65-44(79)33(58)19-20-43(77)78/h15-18,30,33-42,74-76H,3-14,19-29,56-58H2,1-2H3,(H,65,79)(H,66,84)(H,67,85)(H,68,80)(H,69,81)(H,70,83)(H,71,82)(H,72,86)(H,77,78)(H,88,89)(H4,59,60,63)(H4,61,62,64)/t33-,34-,35-,36-,37-,38-,39-,40-,41-,42-/m0/s1. The summed E-state index contributed by atoms with van der Waals surface area (Å²) in [7, 11) is 0. The number of hydrogen-bond acceptors (Lipinski definition) is 19. The lowest BCUT2D eigenvalue weighted by molar-refractivity contribution is -0.143. The molecule has 9 amide bonds. The molecule has 34 nitrogen and oxygen atoms in total. The molecule has 1 aromatic rings. The topological polar surface area (TPSA) is 595 Å². The van der Waals surface area contributed by atoms with Crippen LogP contribution in [-0.4, -0.2) is 214 Å². The molecule has 500 valence electrons. The van der Waals surface area contributed by atoms with Gasteiger partial charge >= 0.3 is 11.9 Å². The molecule has 34 heteroatoms. The van der Waals surface area contributed by atoms with Crippen molar-refractivity contribution < 1.29 is 78.3 Å². The fourth-order valence-electron chi connectivity index (χ4n) is 9.31. The van der Waals surface area contributed by atoms with Crippen molar-refractivity contribution in [1.82, 2.24) is 47.4 Å². The van der Waals surface area contributed by atoms with E-state index in [9.17, 15) is 73.2 Å². The first-order chi connectivity index (χ1) is 42.1. The van der Waals surface area contributed by atoms with E-state index in [1.54, 1.807) is 13.8 Å². The van der Waals surface area contributed by atoms with Crippen molar-refractivity contribution in [2.45, 2.75) is 177 Å². The third-order valence-electron chi connectivity index (χ3n) is 14.1. The Kier molecular flexibility index (Phi) is 35.2. The van der Waals surface area contributed by atoms with Gasteiger partial charge in [0.2, 0.25) is 53.2 Å². The first-order valence-corrected chi connectivity index (χ1v) is 29.6. The van der Waals surface area contributed by atoms with Gasteiger partial charge in [0, 0.05) is 32.5 Å². The Bertz CT molecular complexity index is 2550. The van der Waals surface area contributed by atoms with Crippen molar-refractivity contribution in [3.8, 4) is 5.75 Å². The molecule has 27 N–H and O–H groups in total. The number of aliphatic hydroxyl groups excluding tert-OH is 2. The second kappa shape index (κ2) is 40.9. The Balaban J connectivity index is 2.41. The summed E-state index contributed by atoms with van der Waals surface area (Å²) in [6, 6.07) is -8.87. The number of aromatic hydroxyl groups is 1. The van der Waals surface area contributed by atoms with E-state index in [1.807, 2.05) is 0 Å². The molecular formula is C55H94N18O16. The molecule has 1 aliphatic rings. The van der Waals surface area contributed by atoms with Crippen LogP contribution in [0, 0.1) is 5.92 Å². The lowest BCUT2D eigenvalue weighted by Crippen LogP contribution is -2.61. The Morgan fingerprint density at radius 1 is 0.551 bits per heavy atom. The Labute approximate surface area is 515 Å². The summed E-state index contributed by atoms with van der Waals surface area (Å²) >= 11 is 0. The molecule has 2 rings (SSSR count). The number of phenols is 1. The number of likely N-dealkylation sites (tertiary alicyclic amines) is 1. The number of aliphatic imine (C=N–C) groups is 2. The smallest absolute Gasteiger partial charge is 0.326 e. The minimum absolute atomic E-state index is 0.00866. The number of hydrogen-bond donors (Lipinski definition) is 20. The van der Waals surface area contributed by atoms with Gasteiger partial charge in [-0.05, 0) is 127 Å². The summed E-state index contributed by atoms with van der Waals surface area (Å²) < 4.78 is 0. The third-order valence-corrected chi connectivity index (χ3v) is 14.1. The van der Waals surface area contributed by atoms with E-state index in [-0.39, 0.29) is 133 Å². The minimum Gasteiger partial charge on any atom is -0.508 e. The van der Waals surface area contributed by atoms with E-state index < -0.39 is 145 Å². The number of nitrogens with zero attached hydrogens (tertiary/aromatic N) is 3. The SMILES string of the molecule is CC(C)C[C@H](NC(=O)[C@H](Cc1ccc(O)cc1)NC(=O)[C@H](CCCCN)NC(=O)[C@H](CO)NC(=O)[C@H](CCCN=C(N)N)NC(=O)[C@H](CO)NC(=O)[C@@H]1CCCN1C(=O)[C@H](CCCN=C(N)N)NC(=O)[C@H](CCCCN)NC(=O)[C@@H](N)CCC(=O)O)C(=O)O. The van der Waals surface area contributed by atoms with Crippen LogP contribution < -0.4 is 82.7 Å². The molecule has 1 aromatic carbocycles. The summed E-state index contributed by atoms with van der Waals surface area (Å²) in [4.78, 5) is 158. The van der Waals surface area contributed by atoms with Crippen LogP contribution in [0.15, 0.2) is 34.3 Å². The lowest BCUT2D eigenvalue weighted by atomic mass is 10.0. The van der Waals surface area contributed by atoms with Gasteiger partial charge in [-0.15, -0.1) is 0 Å². The van der Waals surface area contributed by atoms with Gasteiger partial charge in [-0.2, -0.15) is 0 Å². The van der Waals surface area contributed by atoms with Gasteiger partial charge in [0.25, 0.3) is 0 Å². The number of aliphatic hydroxyl groups is 2. The van der Waals surface area contributed by atoms with E-state index in [0.717, 1.165) is 0 Å². The van der Waals surface area contributed by atoms with Crippen molar-refractivity contribution in [2.75, 3.05) is 45.9 Å². The second-order valence-electron chi connectivity index (χ2n) is 21.9. The molecule has 0 unspecified atom stereocenters. The fourth-order valence-corrected chi connectivity index (χ4v) is 9.31. The van der Waals surface area contributed by atoms with E-state index in [1.165, 1.54) is 29.2 Å². The summed E-state index contributed by atoms with van der Waals surface area (Å²) in [5.74, 6) is -11.7. The third kappa shape index (κ3) is 28.9. The van der Waals surface area contributed by atoms with Crippen molar-refractivity contribution in [2.24, 2.45) is 56.0 Å². The highest BCUT2D eigenvalue weighted by molar-refractivity contribution is 5.99. The first-order valence-electron chi connectivity index (χ1n) is 29.6. The molecule has 0 aromatic heterocycles. The highest BCUT2D eigenvalue weighted by atomic mass is 16.4. The van der Waals surface area contributed by atoms with Crippen LogP contribution in [0.2, 0.25) is 0 Å². The number of phenolic OH excluding ortho intramolecular Hbond substituents is 1. The number of unbranched alkanes of at least 4 members (excludes halogenated alkanes) is 2. The number of carboxylic acid groups (broad SMARTS) is 2. The molecule has 1 fully saturated rings. The minimum atomic E-state index is -1.80. The van der Waals surface area contributed by atoms with Crippen LogP contribution >= 0.6 is 0 Å². The number of nitrogens with one attached hydrogen (secondary N) is 8. The van der Waals surface area contributed by atoms with Crippen LogP contribution in [0.4, 0.5) is 0 Å². The van der Waals surface area contributed by atoms with E-state index in [4.69, 9.17) is 45.2 Å². The molecule has 10 atom stereocenters. The van der Waals surface area contributed by atoms with Crippen LogP contribution in [0.25, 0.3) is 0 Å². The average molecular weight is 1260 g/mol. The van der Waals surface area contributed by atoms with Crippen LogP contribution in [0.5, 0.6) is 5.75 Å². The number of amides is 9. The predicted octanol–water partition coefficient (Wildman–Crippen LogP) is -6.52. The monoisotopic (exact) mass is 1260 g/mol. The molecular weight excluding hydrogens is 1170 g/mol. The summed E-state index contributed by atoms with van der Waals surface area (Å²) in [6.07, 6.45) is 0.779. The number of guanidine groups is 2. The van der Waals surface area contributed by atoms with E-state index >= 15 is 0 Å². The highest BCUT2D eigenvalue weighted by Gasteiger charge is 2.40. The van der Waals surface area contributed by atoms with Crippen LogP contribution in [0.3, 0.4) is 0 Å². The zero-order valence-electron chi connectivity index (χ0n) is 50.5. The molecule has 0 radical (unpaired) electrons. The van der Waals surface area contributed by atoms with Gasteiger partial charge in [0.1, 0.15) is 60.1 Å². The molecule has 1 saturated heterocycles. The molecule has 0 bridgehead atoms. The number of rotatable bonds is 43. The van der Waals surface area contributed by atoms with Crippen molar-refractivity contribution >= 4 is 77.0 Å². The van der Waals surface area contributed by atoms with Gasteiger partial charge in [-0.3, -0.25) is 57.9 Å². The summed E-state index contributed by atoms with van der Waals surface area (Å²) in [5.41, 5.74) is 39.7. The second-order valence-corrected chi connectivity index (χ2v) is 21.9. The molecule has 0 saturated carbocycles. The molecule has 0 spiro atoms. The van der Waals surface area contributed by atoms with Gasteiger partial charge < -0.3 is 113 Å². The zero-order valence-corrected chi connectivity index (χ0v) is 50.5. The van der Waals surface area contributed by atoms with Gasteiger partial charge in [-0.1, -0.05) is 26.0 Å². The number of carbonyl (C=O) groups excluding carboxylic acids is 9. The van der Waals surface area contributed by atoms with Crippen molar-refractivity contribution in [1.29, 1.82) is 0 Å². The number of aliphatic carboxylic acids is 2. The van der Waals surface area contributed by atoms with E-state index in [2.05, 4.69) is 52.5 Å². The van der Waals surface area contributed by atoms with Gasteiger partial charge in [0.05, 0.1) is 19.3 Å². The van der Waals surface area contributed by atoms with Crippen molar-refractivity contribution in [3.05, 3.63) is 29.8 Å². The van der Waals surface area contributed by atoms with Gasteiger partial charge in [-0.25, -0.2) is 4.79 Å². The number of carbonyl (C=O) groups is 11. The maximum Gasteiger partial charge on any atom is 0.326 e. The zero-order chi connectivity index (χ0) is 66.8. The maximum atomic E-state index is 14.5. The van der Waals surface area contributed by atoms with Gasteiger partial charge in [0.15, 0.2) is 11.9 Å². The molecule has 1 aliphatic heterocycles. The van der Waals surface area contributed by atoms with E-state index in [0.29, 0.717) is 24.8 Å². The quantitative estimate of drug-likeness (QED) is 0.0164. The summed E-state index contributed by atoms with van der Waals surface area (Å²) in [6.45, 7) is 1.79. The fraction of sp³-hybridized carbons (Fsp3) is 0.655. The predicted molar refractivity (Wildman–Crippen MR) is 324 cm³/mol. The molecule has 89 heavy (non-hydrogen) atoms. The number of benzene rings is 1. The highest BCUT2D eigenvalue weighted by Crippen LogP contribution is 2.21. The first kappa shape index (κ1) is 76.6. The molecule has 1 heterocycles. The Morgan fingerprint density at radius 2 is 0.966 bits per heavy atom. The average Bonchev–Trinajstić information content (AvgIpc) is 3.42. The summed E-state index contributed by atoms with van der Waals surface area (Å²) in [5, 5.41) is 69.7. The van der Waals surface area contributed by atoms with Crippen LogP contribution in [0.1, 0.15) is 116 Å². The number of nitrogens with two attached hydrogens (primary N) is 7. The number of carboxylic acids is 2.